The molecule has 0 aliphatic carbocycles. The van der Waals surface area contributed by atoms with Crippen molar-refractivity contribution in [1.29, 1.82) is 0 Å². The first-order valence-electron chi connectivity index (χ1n) is 11.0. The van der Waals surface area contributed by atoms with Gasteiger partial charge in [-0.3, -0.25) is 14.2 Å². The van der Waals surface area contributed by atoms with E-state index in [-0.39, 0.29) is 11.8 Å². The van der Waals surface area contributed by atoms with Gasteiger partial charge in [-0.25, -0.2) is 9.97 Å². The topological polar surface area (TPSA) is 75.4 Å². The Labute approximate surface area is 187 Å². The Balaban J connectivity index is 1.35. The number of pyridine rings is 1. The van der Waals surface area contributed by atoms with E-state index < -0.39 is 0 Å². The summed E-state index contributed by atoms with van der Waals surface area (Å²) in [5.41, 5.74) is 5.72. The van der Waals surface area contributed by atoms with Crippen LogP contribution in [-0.4, -0.2) is 43.2 Å². The molecular formula is C25H26N6O. The fourth-order valence-corrected chi connectivity index (χ4v) is 4.28. The summed E-state index contributed by atoms with van der Waals surface area (Å²) in [6.45, 7) is 5.47. The van der Waals surface area contributed by atoms with Crippen LogP contribution in [0.2, 0.25) is 0 Å². The molecule has 1 atom stereocenters. The van der Waals surface area contributed by atoms with Crippen molar-refractivity contribution in [1.82, 2.24) is 24.3 Å². The number of nitrogens with one attached hydrogen (secondary N) is 1. The second kappa shape index (κ2) is 8.42. The molecule has 1 N–H and O–H groups in total. The number of benzene rings is 1. The van der Waals surface area contributed by atoms with E-state index in [1.807, 2.05) is 24.1 Å². The fraction of sp³-hybridized carbons (Fsp3) is 0.280. The van der Waals surface area contributed by atoms with Crippen LogP contribution in [0.4, 0.5) is 11.4 Å². The predicted octanol–water partition coefficient (Wildman–Crippen LogP) is 4.50. The summed E-state index contributed by atoms with van der Waals surface area (Å²) < 4.78 is 1.78. The van der Waals surface area contributed by atoms with Crippen LogP contribution in [0.5, 0.6) is 0 Å². The Kier molecular flexibility index (Phi) is 5.31. The van der Waals surface area contributed by atoms with E-state index >= 15 is 0 Å². The first-order chi connectivity index (χ1) is 15.5. The van der Waals surface area contributed by atoms with E-state index in [2.05, 4.69) is 58.6 Å². The Morgan fingerprint density at radius 2 is 1.94 bits per heavy atom. The van der Waals surface area contributed by atoms with Gasteiger partial charge < -0.3 is 10.2 Å². The highest BCUT2D eigenvalue weighted by molar-refractivity contribution is 5.92. The van der Waals surface area contributed by atoms with E-state index in [4.69, 9.17) is 4.98 Å². The van der Waals surface area contributed by atoms with Gasteiger partial charge in [-0.05, 0) is 57.0 Å². The van der Waals surface area contributed by atoms with Gasteiger partial charge in [0.2, 0.25) is 5.78 Å². The van der Waals surface area contributed by atoms with Crippen molar-refractivity contribution in [2.75, 3.05) is 18.4 Å². The van der Waals surface area contributed by atoms with Crippen LogP contribution in [0.1, 0.15) is 46.2 Å². The normalized spacial score (nSPS) is 16.3. The van der Waals surface area contributed by atoms with Crippen LogP contribution < -0.4 is 5.32 Å². The molecule has 1 unspecified atom stereocenters. The van der Waals surface area contributed by atoms with Crippen LogP contribution >= 0.6 is 0 Å². The number of carbonyl (C=O) groups excluding carboxylic acids is 1. The molecule has 4 aromatic rings. The van der Waals surface area contributed by atoms with Crippen molar-refractivity contribution < 1.29 is 4.79 Å². The molecule has 1 aromatic carbocycles. The number of nitrogens with zero attached hydrogens (tertiary/aromatic N) is 5. The predicted molar refractivity (Wildman–Crippen MR) is 124 cm³/mol. The maximum absolute atomic E-state index is 13.1. The number of piperidine rings is 1. The fourth-order valence-electron chi connectivity index (χ4n) is 4.28. The number of aryl methyl sites for hydroxylation is 2. The van der Waals surface area contributed by atoms with Gasteiger partial charge in [0, 0.05) is 60.4 Å². The van der Waals surface area contributed by atoms with Gasteiger partial charge in [0.1, 0.15) is 5.69 Å². The molecule has 1 aliphatic heterocycles. The van der Waals surface area contributed by atoms with Crippen LogP contribution in [0.3, 0.4) is 0 Å². The van der Waals surface area contributed by atoms with Gasteiger partial charge in [0.15, 0.2) is 0 Å². The Morgan fingerprint density at radius 3 is 2.75 bits per heavy atom. The largest absolute Gasteiger partial charge is 0.355 e. The van der Waals surface area contributed by atoms with Gasteiger partial charge >= 0.3 is 0 Å². The smallest absolute Gasteiger partial charge is 0.274 e. The molecule has 0 saturated carbocycles. The number of amides is 1. The third-order valence-corrected chi connectivity index (χ3v) is 5.89. The van der Waals surface area contributed by atoms with Gasteiger partial charge in [-0.2, -0.15) is 0 Å². The highest BCUT2D eigenvalue weighted by Gasteiger charge is 2.28. The van der Waals surface area contributed by atoms with Crippen LogP contribution in [0, 0.1) is 13.8 Å². The average molecular weight is 427 g/mol. The molecule has 0 bridgehead atoms. The molecule has 1 saturated heterocycles. The van der Waals surface area contributed by atoms with Crippen LogP contribution in [0.15, 0.2) is 61.1 Å². The first kappa shape index (κ1) is 20.2. The summed E-state index contributed by atoms with van der Waals surface area (Å²) >= 11 is 0. The van der Waals surface area contributed by atoms with Crippen LogP contribution in [-0.2, 0) is 0 Å². The van der Waals surface area contributed by atoms with E-state index in [0.717, 1.165) is 42.1 Å². The standard InChI is InChI=1S/C25H26N6O/c1-17-6-8-20(9-7-17)28-21-13-18(2)27-22(14-21)19-5-3-11-30(15-19)24(32)23-16-31-12-4-10-26-25(31)29-23/h4,6-10,12-14,16,19H,3,5,11,15H2,1-2H3,(H,27,28). The third-order valence-electron chi connectivity index (χ3n) is 5.89. The molecular weight excluding hydrogens is 400 g/mol. The first-order valence-corrected chi connectivity index (χ1v) is 11.0. The monoisotopic (exact) mass is 426 g/mol. The molecule has 3 aromatic heterocycles. The second-order valence-electron chi connectivity index (χ2n) is 8.46. The summed E-state index contributed by atoms with van der Waals surface area (Å²) in [5.74, 6) is 0.684. The number of fused-ring (bicyclic) bond motifs is 1. The van der Waals surface area contributed by atoms with E-state index in [0.29, 0.717) is 18.0 Å². The molecule has 0 radical (unpaired) electrons. The minimum Gasteiger partial charge on any atom is -0.355 e. The number of likely N-dealkylation sites (tertiary alicyclic amines) is 1. The lowest BCUT2D eigenvalue weighted by atomic mass is 9.93. The summed E-state index contributed by atoms with van der Waals surface area (Å²) in [5, 5.41) is 3.49. The molecule has 1 fully saturated rings. The summed E-state index contributed by atoms with van der Waals surface area (Å²) in [7, 11) is 0. The molecule has 4 heterocycles. The Bertz CT molecular complexity index is 1230. The zero-order valence-electron chi connectivity index (χ0n) is 18.3. The molecule has 162 valence electrons. The Morgan fingerprint density at radius 1 is 1.09 bits per heavy atom. The number of hydrogen-bond donors (Lipinski definition) is 1. The van der Waals surface area contributed by atoms with Crippen molar-refractivity contribution >= 4 is 23.1 Å². The summed E-state index contributed by atoms with van der Waals surface area (Å²) in [6.07, 6.45) is 7.24. The van der Waals surface area contributed by atoms with Crippen molar-refractivity contribution in [3.05, 3.63) is 83.7 Å². The lowest BCUT2D eigenvalue weighted by Gasteiger charge is -2.32. The lowest BCUT2D eigenvalue weighted by Crippen LogP contribution is -2.39. The molecule has 1 amide bonds. The minimum atomic E-state index is -0.0501. The summed E-state index contributed by atoms with van der Waals surface area (Å²) in [4.78, 5) is 28.5. The zero-order valence-corrected chi connectivity index (χ0v) is 18.3. The van der Waals surface area contributed by atoms with Crippen molar-refractivity contribution in [2.45, 2.75) is 32.6 Å². The van der Waals surface area contributed by atoms with Crippen molar-refractivity contribution in [3.8, 4) is 0 Å². The van der Waals surface area contributed by atoms with E-state index in [1.165, 1.54) is 5.56 Å². The number of rotatable bonds is 4. The number of hydrogen-bond acceptors (Lipinski definition) is 5. The number of anilines is 2. The molecule has 7 nitrogen and oxygen atoms in total. The zero-order chi connectivity index (χ0) is 22.1. The maximum Gasteiger partial charge on any atom is 0.274 e. The lowest BCUT2D eigenvalue weighted by molar-refractivity contribution is 0.0700. The van der Waals surface area contributed by atoms with Crippen LogP contribution in [0.25, 0.3) is 5.78 Å². The molecule has 5 rings (SSSR count). The second-order valence-corrected chi connectivity index (χ2v) is 8.46. The van der Waals surface area contributed by atoms with E-state index in [1.54, 1.807) is 16.8 Å². The highest BCUT2D eigenvalue weighted by atomic mass is 16.2. The van der Waals surface area contributed by atoms with Crippen molar-refractivity contribution in [3.63, 3.8) is 0 Å². The minimum absolute atomic E-state index is 0.0501. The SMILES string of the molecule is Cc1ccc(Nc2cc(C)nc(C3CCCN(C(=O)c4cn5cccnc5n4)C3)c2)cc1. The maximum atomic E-state index is 13.1. The Hall–Kier alpha value is -3.74. The summed E-state index contributed by atoms with van der Waals surface area (Å²) in [6, 6.07) is 14.3. The third kappa shape index (κ3) is 4.19. The van der Waals surface area contributed by atoms with Gasteiger partial charge in [0.25, 0.3) is 5.91 Å². The highest BCUT2D eigenvalue weighted by Crippen LogP contribution is 2.29. The number of aromatic nitrogens is 4. The molecule has 0 spiro atoms. The van der Waals surface area contributed by atoms with Gasteiger partial charge in [-0.1, -0.05) is 17.7 Å². The van der Waals surface area contributed by atoms with E-state index in [9.17, 15) is 4.79 Å². The molecule has 32 heavy (non-hydrogen) atoms. The molecule has 1 aliphatic rings. The number of carbonyl (C=O) groups is 1. The average Bonchev–Trinajstić information content (AvgIpc) is 3.24. The van der Waals surface area contributed by atoms with Gasteiger partial charge in [0.05, 0.1) is 0 Å². The quantitative estimate of drug-likeness (QED) is 0.520. The van der Waals surface area contributed by atoms with Gasteiger partial charge in [-0.15, -0.1) is 0 Å². The number of imidazole rings is 1. The van der Waals surface area contributed by atoms with Crippen molar-refractivity contribution in [2.24, 2.45) is 0 Å². The molecule has 7 heteroatoms.